The fourth-order valence-electron chi connectivity index (χ4n) is 4.37. The molecule has 1 heterocycles. The third kappa shape index (κ3) is 6.60. The van der Waals surface area contributed by atoms with E-state index in [1.807, 2.05) is 6.07 Å². The van der Waals surface area contributed by atoms with Gasteiger partial charge in [-0.1, -0.05) is 43.2 Å². The molecule has 1 aliphatic heterocycles. The number of carbonyl (C=O) groups is 1. The van der Waals surface area contributed by atoms with Gasteiger partial charge in [-0.3, -0.25) is 4.79 Å². The van der Waals surface area contributed by atoms with Crippen LogP contribution in [0.3, 0.4) is 0 Å². The van der Waals surface area contributed by atoms with Crippen LogP contribution in [0.2, 0.25) is 0 Å². The second-order valence-corrected chi connectivity index (χ2v) is 7.96. The summed E-state index contributed by atoms with van der Waals surface area (Å²) in [5.41, 5.74) is 7.48. The molecule has 0 radical (unpaired) electrons. The molecule has 1 amide bonds. The molecule has 2 fully saturated rings. The van der Waals surface area contributed by atoms with Crippen LogP contribution < -0.4 is 16.4 Å². The highest BCUT2D eigenvalue weighted by Crippen LogP contribution is 2.32. The number of carbonyl (C=O) groups excluding carboxylic acids is 1. The fraction of sp³-hybridized carbons (Fsp3) is 0.667. The zero-order valence-electron chi connectivity index (χ0n) is 16.7. The van der Waals surface area contributed by atoms with Gasteiger partial charge in [0.25, 0.3) is 0 Å². The summed E-state index contributed by atoms with van der Waals surface area (Å²) in [7, 11) is 0. The molecule has 7 heteroatoms. The molecule has 28 heavy (non-hydrogen) atoms. The SMILES string of the molecule is CC(NC1(CNC(=O)C(N)C2CCOCC2)CCCC1)c1ccccc1.Cl.Cl. The molecule has 5 nitrogen and oxygen atoms in total. The number of ether oxygens (including phenoxy) is 1. The van der Waals surface area contributed by atoms with Gasteiger partial charge in [0, 0.05) is 31.3 Å². The summed E-state index contributed by atoms with van der Waals surface area (Å²) in [5, 5.41) is 6.96. The number of nitrogens with two attached hydrogens (primary N) is 1. The molecule has 0 aromatic heterocycles. The lowest BCUT2D eigenvalue weighted by Crippen LogP contribution is -2.55. The number of halogens is 2. The zero-order chi connectivity index (χ0) is 18.4. The lowest BCUT2D eigenvalue weighted by molar-refractivity contribution is -0.124. The van der Waals surface area contributed by atoms with Gasteiger partial charge in [-0.05, 0) is 44.1 Å². The van der Waals surface area contributed by atoms with Crippen LogP contribution in [0.1, 0.15) is 57.1 Å². The molecule has 1 aromatic rings. The Morgan fingerprint density at radius 3 is 2.39 bits per heavy atom. The number of nitrogens with one attached hydrogen (secondary N) is 2. The molecule has 4 N–H and O–H groups in total. The highest BCUT2D eigenvalue weighted by Gasteiger charge is 2.36. The molecular weight excluding hydrogens is 397 g/mol. The van der Waals surface area contributed by atoms with Gasteiger partial charge in [0.05, 0.1) is 6.04 Å². The number of benzene rings is 1. The summed E-state index contributed by atoms with van der Waals surface area (Å²) in [5.74, 6) is 0.219. The maximum atomic E-state index is 12.6. The van der Waals surface area contributed by atoms with Gasteiger partial charge >= 0.3 is 0 Å². The van der Waals surface area contributed by atoms with Crippen molar-refractivity contribution in [3.05, 3.63) is 35.9 Å². The molecule has 0 spiro atoms. The number of hydrogen-bond acceptors (Lipinski definition) is 4. The molecule has 1 aromatic carbocycles. The van der Waals surface area contributed by atoms with Crippen LogP contribution in [-0.2, 0) is 9.53 Å². The molecule has 0 bridgehead atoms. The minimum atomic E-state index is -0.427. The first-order chi connectivity index (χ1) is 12.6. The summed E-state index contributed by atoms with van der Waals surface area (Å²) in [6.07, 6.45) is 6.35. The standard InChI is InChI=1S/C21H33N3O2.2ClH/c1-16(17-7-3-2-4-8-17)24-21(11-5-6-12-21)15-23-20(25)19(22)18-9-13-26-14-10-18;;/h2-4,7-8,16,18-19,24H,5-6,9-15,22H2,1H3,(H,23,25);2*1H. The van der Waals surface area contributed by atoms with Crippen LogP contribution in [0.4, 0.5) is 0 Å². The molecule has 160 valence electrons. The zero-order valence-corrected chi connectivity index (χ0v) is 18.3. The Labute approximate surface area is 181 Å². The monoisotopic (exact) mass is 431 g/mol. The van der Waals surface area contributed by atoms with E-state index in [9.17, 15) is 4.79 Å². The second kappa shape index (κ2) is 12.0. The van der Waals surface area contributed by atoms with Gasteiger partial charge in [-0.15, -0.1) is 24.8 Å². The number of amides is 1. The van der Waals surface area contributed by atoms with Gasteiger partial charge in [-0.2, -0.15) is 0 Å². The highest BCUT2D eigenvalue weighted by atomic mass is 35.5. The summed E-state index contributed by atoms with van der Waals surface area (Å²) in [6.45, 7) is 4.28. The Hall–Kier alpha value is -0.850. The van der Waals surface area contributed by atoms with E-state index in [4.69, 9.17) is 10.5 Å². The van der Waals surface area contributed by atoms with Crippen molar-refractivity contribution in [2.24, 2.45) is 11.7 Å². The Balaban J connectivity index is 0.00000196. The van der Waals surface area contributed by atoms with Crippen molar-refractivity contribution in [3.8, 4) is 0 Å². The maximum Gasteiger partial charge on any atom is 0.237 e. The van der Waals surface area contributed by atoms with E-state index >= 15 is 0 Å². The predicted molar refractivity (Wildman–Crippen MR) is 118 cm³/mol. The molecule has 2 atom stereocenters. The maximum absolute atomic E-state index is 12.6. The predicted octanol–water partition coefficient (Wildman–Crippen LogP) is 3.36. The van der Waals surface area contributed by atoms with E-state index in [0.717, 1.165) is 25.7 Å². The molecule has 2 aliphatic rings. The first-order valence-corrected chi connectivity index (χ1v) is 10.0. The first kappa shape index (κ1) is 25.2. The van der Waals surface area contributed by atoms with Gasteiger partial charge in [-0.25, -0.2) is 0 Å². The average Bonchev–Trinajstić information content (AvgIpc) is 3.15. The number of rotatable bonds is 7. The minimum absolute atomic E-state index is 0. The van der Waals surface area contributed by atoms with Gasteiger partial charge in [0.2, 0.25) is 5.91 Å². The van der Waals surface area contributed by atoms with Crippen molar-refractivity contribution < 1.29 is 9.53 Å². The lowest BCUT2D eigenvalue weighted by Gasteiger charge is -2.35. The third-order valence-electron chi connectivity index (χ3n) is 6.06. The van der Waals surface area contributed by atoms with E-state index in [1.165, 1.54) is 18.4 Å². The molecule has 3 rings (SSSR count). The molecule has 2 unspecified atom stereocenters. The molecule has 1 aliphatic carbocycles. The van der Waals surface area contributed by atoms with E-state index in [2.05, 4.69) is 41.8 Å². The van der Waals surface area contributed by atoms with Crippen molar-refractivity contribution in [1.82, 2.24) is 10.6 Å². The summed E-state index contributed by atoms with van der Waals surface area (Å²) < 4.78 is 5.38. The summed E-state index contributed by atoms with van der Waals surface area (Å²) in [4.78, 5) is 12.6. The van der Waals surface area contributed by atoms with Gasteiger partial charge in [0.15, 0.2) is 0 Å². The van der Waals surface area contributed by atoms with Crippen molar-refractivity contribution in [3.63, 3.8) is 0 Å². The Kier molecular flexibility index (Phi) is 10.8. The Morgan fingerprint density at radius 1 is 1.18 bits per heavy atom. The van der Waals surface area contributed by atoms with Crippen molar-refractivity contribution in [2.75, 3.05) is 19.8 Å². The van der Waals surface area contributed by atoms with Crippen molar-refractivity contribution in [1.29, 1.82) is 0 Å². The largest absolute Gasteiger partial charge is 0.381 e. The average molecular weight is 432 g/mol. The van der Waals surface area contributed by atoms with Gasteiger partial charge in [0.1, 0.15) is 0 Å². The van der Waals surface area contributed by atoms with Crippen LogP contribution in [0.15, 0.2) is 30.3 Å². The minimum Gasteiger partial charge on any atom is -0.381 e. The fourth-order valence-corrected chi connectivity index (χ4v) is 4.37. The lowest BCUT2D eigenvalue weighted by atomic mass is 9.91. The topological polar surface area (TPSA) is 76.4 Å². The molecule has 1 saturated carbocycles. The second-order valence-electron chi connectivity index (χ2n) is 7.96. The number of hydrogen-bond donors (Lipinski definition) is 3. The van der Waals surface area contributed by atoms with E-state index < -0.39 is 6.04 Å². The van der Waals surface area contributed by atoms with E-state index in [-0.39, 0.29) is 48.2 Å². The van der Waals surface area contributed by atoms with Crippen LogP contribution >= 0.6 is 24.8 Å². The van der Waals surface area contributed by atoms with Crippen LogP contribution in [0, 0.1) is 5.92 Å². The summed E-state index contributed by atoms with van der Waals surface area (Å²) >= 11 is 0. The Bertz CT molecular complexity index is 576. The van der Waals surface area contributed by atoms with Crippen LogP contribution in [0.5, 0.6) is 0 Å². The smallest absolute Gasteiger partial charge is 0.237 e. The normalized spacial score (nSPS) is 21.1. The quantitative estimate of drug-likeness (QED) is 0.618. The van der Waals surface area contributed by atoms with Crippen LogP contribution in [-0.4, -0.2) is 37.2 Å². The van der Waals surface area contributed by atoms with Crippen molar-refractivity contribution >= 4 is 30.7 Å². The molecule has 1 saturated heterocycles. The summed E-state index contributed by atoms with van der Waals surface area (Å²) in [6, 6.07) is 10.3. The first-order valence-electron chi connectivity index (χ1n) is 10.0. The third-order valence-corrected chi connectivity index (χ3v) is 6.06. The molecular formula is C21H35Cl2N3O2. The van der Waals surface area contributed by atoms with E-state index in [0.29, 0.717) is 19.8 Å². The van der Waals surface area contributed by atoms with Crippen LogP contribution in [0.25, 0.3) is 0 Å². The highest BCUT2D eigenvalue weighted by molar-refractivity contribution is 5.85. The van der Waals surface area contributed by atoms with E-state index in [1.54, 1.807) is 0 Å². The van der Waals surface area contributed by atoms with Gasteiger partial charge < -0.3 is 21.1 Å². The Morgan fingerprint density at radius 2 is 1.79 bits per heavy atom. The van der Waals surface area contributed by atoms with Crippen molar-refractivity contribution in [2.45, 2.75) is 63.1 Å².